The van der Waals surface area contributed by atoms with Crippen molar-refractivity contribution in [2.24, 2.45) is 17.4 Å². The molecule has 2 aliphatic rings. The number of amides is 10. The Balaban J connectivity index is 1.88. The second kappa shape index (κ2) is 27.3. The summed E-state index contributed by atoms with van der Waals surface area (Å²) >= 11 is 0. The van der Waals surface area contributed by atoms with Gasteiger partial charge < -0.3 is 74.4 Å². The molecule has 2 fully saturated rings. The Morgan fingerprint density at radius 1 is 0.703 bits per heavy atom. The van der Waals surface area contributed by atoms with Gasteiger partial charge in [-0.2, -0.15) is 0 Å². The summed E-state index contributed by atoms with van der Waals surface area (Å²) in [4.78, 5) is 140. The second-order valence-corrected chi connectivity index (χ2v) is 16.3. The number of nitrogens with two attached hydrogens (primary N) is 2. The fourth-order valence-corrected chi connectivity index (χ4v) is 6.81. The van der Waals surface area contributed by atoms with Crippen molar-refractivity contribution in [2.45, 2.75) is 134 Å². The number of rotatable bonds is 27. The van der Waals surface area contributed by atoms with Crippen molar-refractivity contribution in [3.8, 4) is 0 Å². The minimum Gasteiger partial charge on any atom is -0.480 e. The average molecular weight is 911 g/mol. The summed E-state index contributed by atoms with van der Waals surface area (Å²) in [6, 6.07) is -7.72. The van der Waals surface area contributed by atoms with Gasteiger partial charge in [0.2, 0.25) is 59.1 Å². The third-order valence-corrected chi connectivity index (χ3v) is 10.3. The van der Waals surface area contributed by atoms with Gasteiger partial charge in [-0.15, -0.1) is 0 Å². The first-order chi connectivity index (χ1) is 30.1. The number of nitrogens with one attached hydrogen (secondary N) is 9. The van der Waals surface area contributed by atoms with E-state index in [9.17, 15) is 63.0 Å². The maximum atomic E-state index is 13.3. The van der Waals surface area contributed by atoms with E-state index in [1.165, 1.54) is 18.7 Å². The van der Waals surface area contributed by atoms with Gasteiger partial charge in [0.15, 0.2) is 0 Å². The molecule has 2 aliphatic heterocycles. The molecule has 2 heterocycles. The van der Waals surface area contributed by atoms with E-state index in [2.05, 4.69) is 47.9 Å². The minimum atomic E-state index is -1.34. The van der Waals surface area contributed by atoms with E-state index in [0.717, 1.165) is 0 Å². The monoisotopic (exact) mass is 910 g/mol. The van der Waals surface area contributed by atoms with Crippen LogP contribution in [0.1, 0.15) is 85.5 Å². The number of aliphatic carboxylic acids is 1. The molecule has 25 heteroatoms. The van der Waals surface area contributed by atoms with Crippen molar-refractivity contribution in [2.75, 3.05) is 39.3 Å². The predicted octanol–water partition coefficient (Wildman–Crippen LogP) is -5.96. The third-order valence-electron chi connectivity index (χ3n) is 10.3. The summed E-state index contributed by atoms with van der Waals surface area (Å²) in [7, 11) is 0. The number of carbonyl (C=O) groups excluding carboxylic acids is 10. The summed E-state index contributed by atoms with van der Waals surface area (Å²) in [6.45, 7) is 5.34. The lowest BCUT2D eigenvalue weighted by Crippen LogP contribution is -2.56. The molecule has 0 aliphatic carbocycles. The molecule has 15 N–H and O–H groups in total. The zero-order valence-electron chi connectivity index (χ0n) is 36.8. The van der Waals surface area contributed by atoms with Gasteiger partial charge in [-0.1, -0.05) is 13.8 Å². The zero-order chi connectivity index (χ0) is 48.1. The van der Waals surface area contributed by atoms with E-state index in [1.807, 2.05) is 0 Å². The topological polar surface area (TPSA) is 392 Å². The van der Waals surface area contributed by atoms with Crippen LogP contribution in [-0.2, 0) is 52.7 Å². The lowest BCUT2D eigenvalue weighted by molar-refractivity contribution is -0.144. The number of aliphatic hydroxyl groups is 1. The molecule has 360 valence electrons. The molecule has 0 aromatic carbocycles. The maximum Gasteiger partial charge on any atom is 0.326 e. The lowest BCUT2D eigenvalue weighted by Gasteiger charge is -2.26. The highest BCUT2D eigenvalue weighted by molar-refractivity contribution is 5.97. The molecule has 25 nitrogen and oxygen atoms in total. The molecule has 0 radical (unpaired) electrons. The van der Waals surface area contributed by atoms with Crippen LogP contribution < -0.4 is 59.3 Å². The Kier molecular flexibility index (Phi) is 23.1. The van der Waals surface area contributed by atoms with E-state index in [-0.39, 0.29) is 51.1 Å². The zero-order valence-corrected chi connectivity index (χ0v) is 36.8. The summed E-state index contributed by atoms with van der Waals surface area (Å²) in [5.74, 6) is -8.60. The number of likely N-dealkylation sites (tertiary alicyclic amines) is 1. The van der Waals surface area contributed by atoms with E-state index in [1.54, 1.807) is 13.8 Å². The fourth-order valence-electron chi connectivity index (χ4n) is 6.81. The third kappa shape index (κ3) is 19.2. The van der Waals surface area contributed by atoms with Gasteiger partial charge in [-0.25, -0.2) is 4.79 Å². The van der Waals surface area contributed by atoms with Gasteiger partial charge in [0, 0.05) is 19.5 Å². The molecule has 0 aromatic heterocycles. The van der Waals surface area contributed by atoms with Crippen LogP contribution in [0.2, 0.25) is 0 Å². The van der Waals surface area contributed by atoms with Crippen molar-refractivity contribution in [3.63, 3.8) is 0 Å². The highest BCUT2D eigenvalue weighted by Gasteiger charge is 2.36. The van der Waals surface area contributed by atoms with Crippen molar-refractivity contribution in [1.29, 1.82) is 0 Å². The summed E-state index contributed by atoms with van der Waals surface area (Å²) in [5, 5.41) is 41.3. The van der Waals surface area contributed by atoms with E-state index >= 15 is 0 Å². The number of primary amides is 1. The predicted molar refractivity (Wildman–Crippen MR) is 226 cm³/mol. The van der Waals surface area contributed by atoms with Crippen molar-refractivity contribution >= 4 is 65.0 Å². The Hall–Kier alpha value is -5.95. The molecule has 64 heavy (non-hydrogen) atoms. The van der Waals surface area contributed by atoms with Gasteiger partial charge >= 0.3 is 5.97 Å². The standard InChI is InChI=1S/C39H66N12O13/c1-20(2)14-27(37(61)47-22(4)34(58)45-19-32(56)51-13-7-9-28(51)38(62)50-25(39(63)64)8-5-6-12-40)49-31(55)17-43-33(57)21(3)46-36(60)24(10-11-29(41)53)48-30(54)18-44-35(59)26-15-23(52)16-42-26/h20-28,42,52H,5-19,40H2,1-4H3,(H2,41,53)(H,43,57)(H,44,59)(H,45,58)(H,46,60)(H,47,61)(H,48,54)(H,49,55)(H,50,62)(H,63,64)/t21-,22-,23+,24-,25-,26-,27-,28-/m0/s1. The molecule has 10 amide bonds. The van der Waals surface area contributed by atoms with Crippen LogP contribution in [0.25, 0.3) is 0 Å². The number of carboxylic acid groups (broad SMARTS) is 1. The number of unbranched alkanes of at least 4 members (excludes halogenated alkanes) is 1. The lowest BCUT2D eigenvalue weighted by atomic mass is 10.0. The van der Waals surface area contributed by atoms with Crippen LogP contribution in [0, 0.1) is 5.92 Å². The van der Waals surface area contributed by atoms with Crippen LogP contribution in [0.3, 0.4) is 0 Å². The van der Waals surface area contributed by atoms with Gasteiger partial charge in [0.25, 0.3) is 0 Å². The van der Waals surface area contributed by atoms with Crippen molar-refractivity contribution in [1.82, 2.24) is 52.8 Å². The highest BCUT2D eigenvalue weighted by Crippen LogP contribution is 2.18. The fraction of sp³-hybridized carbons (Fsp3) is 0.718. The Morgan fingerprint density at radius 2 is 1.28 bits per heavy atom. The Bertz CT molecular complexity index is 1700. The van der Waals surface area contributed by atoms with Crippen LogP contribution in [0.15, 0.2) is 0 Å². The SMILES string of the molecule is CC(C)C[C@H](NC(=O)CNC(=O)[C@H](C)NC(=O)[C@H](CCC(N)=O)NC(=O)CNC(=O)[C@@H]1C[C@@H](O)CN1)C(=O)N[C@@H](C)C(=O)NCC(=O)N1CCC[C@H]1C(=O)N[C@@H](CCCCN)C(=O)O. The van der Waals surface area contributed by atoms with Crippen molar-refractivity contribution in [3.05, 3.63) is 0 Å². The van der Waals surface area contributed by atoms with Crippen LogP contribution in [0.5, 0.6) is 0 Å². The molecule has 0 spiro atoms. The quantitative estimate of drug-likeness (QED) is 0.0341. The van der Waals surface area contributed by atoms with Gasteiger partial charge in [0.05, 0.1) is 31.8 Å². The number of β-amino-alcohol motifs (C(OH)–C–C–N with tert-alkyl or cyclic N) is 1. The summed E-state index contributed by atoms with van der Waals surface area (Å²) < 4.78 is 0. The van der Waals surface area contributed by atoms with Gasteiger partial charge in [-0.05, 0) is 77.7 Å². The van der Waals surface area contributed by atoms with Crippen LogP contribution in [0.4, 0.5) is 0 Å². The van der Waals surface area contributed by atoms with Crippen LogP contribution in [-0.4, -0.2) is 168 Å². The number of carboxylic acids is 1. The number of nitrogens with zero attached hydrogens (tertiary/aromatic N) is 1. The molecule has 8 atom stereocenters. The summed E-state index contributed by atoms with van der Waals surface area (Å²) in [6.07, 6.45) is 1.05. The first-order valence-electron chi connectivity index (χ1n) is 21.4. The Labute approximate surface area is 370 Å². The number of carbonyl (C=O) groups is 11. The van der Waals surface area contributed by atoms with E-state index in [4.69, 9.17) is 11.5 Å². The molecule has 0 saturated carbocycles. The average Bonchev–Trinajstić information content (AvgIpc) is 3.91. The maximum absolute atomic E-state index is 13.3. The summed E-state index contributed by atoms with van der Waals surface area (Å²) in [5.41, 5.74) is 10.7. The molecule has 0 unspecified atom stereocenters. The second-order valence-electron chi connectivity index (χ2n) is 16.3. The van der Waals surface area contributed by atoms with Gasteiger partial charge in [-0.3, -0.25) is 47.9 Å². The number of hydrogen-bond acceptors (Lipinski definition) is 14. The van der Waals surface area contributed by atoms with E-state index in [0.29, 0.717) is 32.2 Å². The van der Waals surface area contributed by atoms with E-state index < -0.39 is 133 Å². The molecule has 0 bridgehead atoms. The smallest absolute Gasteiger partial charge is 0.326 e. The molecular formula is C39H66N12O13. The van der Waals surface area contributed by atoms with Crippen LogP contribution >= 0.6 is 0 Å². The normalized spacial score (nSPS) is 19.2. The molecular weight excluding hydrogens is 844 g/mol. The minimum absolute atomic E-state index is 0.123. The molecule has 2 rings (SSSR count). The Morgan fingerprint density at radius 3 is 1.83 bits per heavy atom. The molecule has 2 saturated heterocycles. The first-order valence-corrected chi connectivity index (χ1v) is 21.4. The number of hydrogen-bond donors (Lipinski definition) is 13. The highest BCUT2D eigenvalue weighted by atomic mass is 16.4. The molecule has 0 aromatic rings. The number of aliphatic hydroxyl groups excluding tert-OH is 1. The largest absolute Gasteiger partial charge is 0.480 e. The van der Waals surface area contributed by atoms with Gasteiger partial charge in [0.1, 0.15) is 36.3 Å². The van der Waals surface area contributed by atoms with Crippen molar-refractivity contribution < 1.29 is 63.0 Å². The first kappa shape index (κ1) is 54.2.